The summed E-state index contributed by atoms with van der Waals surface area (Å²) in [5.41, 5.74) is 1.99. The average Bonchev–Trinajstić information content (AvgIpc) is 3.06. The number of nitrogens with zero attached hydrogens (tertiary/aromatic N) is 3. The molecule has 1 fully saturated rings. The van der Waals surface area contributed by atoms with Gasteiger partial charge in [0.1, 0.15) is 11.7 Å². The molecular weight excluding hydrogens is 272 g/mol. The minimum atomic E-state index is -0.207. The summed E-state index contributed by atoms with van der Waals surface area (Å²) in [6.45, 7) is 5.41. The topological polar surface area (TPSA) is 77.8 Å². The maximum Gasteiger partial charge on any atom is 0.257 e. The first-order valence-electron chi connectivity index (χ1n) is 6.99. The number of fused-ring (bicyclic) bond motifs is 1. The van der Waals surface area contributed by atoms with Gasteiger partial charge in [-0.15, -0.1) is 0 Å². The molecule has 0 aliphatic carbocycles. The molecule has 1 saturated heterocycles. The third-order valence-electron chi connectivity index (χ3n) is 3.46. The lowest BCUT2D eigenvalue weighted by Crippen LogP contribution is -2.43. The minimum absolute atomic E-state index is 0.101. The average molecular weight is 290 g/mol. The molecule has 1 aliphatic heterocycles. The molecule has 112 valence electrons. The van der Waals surface area contributed by atoms with Gasteiger partial charge in [-0.05, 0) is 19.4 Å². The molecule has 21 heavy (non-hydrogen) atoms. The van der Waals surface area contributed by atoms with E-state index in [9.17, 15) is 4.79 Å². The van der Waals surface area contributed by atoms with Crippen LogP contribution in [0, 0.1) is 6.92 Å². The van der Waals surface area contributed by atoms with E-state index in [2.05, 4.69) is 15.4 Å². The fourth-order valence-electron chi connectivity index (χ4n) is 2.42. The number of rotatable bonds is 4. The summed E-state index contributed by atoms with van der Waals surface area (Å²) in [7, 11) is 0. The molecule has 1 aliphatic rings. The molecule has 7 nitrogen and oxygen atoms in total. The third kappa shape index (κ3) is 2.74. The van der Waals surface area contributed by atoms with E-state index in [-0.39, 0.29) is 18.1 Å². The Morgan fingerprint density at radius 2 is 2.38 bits per heavy atom. The lowest BCUT2D eigenvalue weighted by molar-refractivity contribution is 0.0402. The van der Waals surface area contributed by atoms with E-state index in [1.807, 2.05) is 20.0 Å². The van der Waals surface area contributed by atoms with Crippen molar-refractivity contribution < 1.29 is 14.3 Å². The van der Waals surface area contributed by atoms with Gasteiger partial charge in [0.05, 0.1) is 25.5 Å². The second kappa shape index (κ2) is 5.79. The normalized spacial score (nSPS) is 21.8. The number of hydrogen-bond acceptors (Lipinski definition) is 5. The number of ether oxygens (including phenoxy) is 2. The maximum atomic E-state index is 12.4. The van der Waals surface area contributed by atoms with E-state index < -0.39 is 0 Å². The first kappa shape index (κ1) is 14.0. The molecule has 0 unspecified atom stereocenters. The SMILES string of the molecule is CCO[C@@H]1COC[C@H]1NC(=O)c1cnn2cc(C)cnc12. The number of amides is 1. The predicted molar refractivity (Wildman–Crippen MR) is 75.2 cm³/mol. The molecule has 3 heterocycles. The summed E-state index contributed by atoms with van der Waals surface area (Å²) in [5, 5.41) is 7.10. The van der Waals surface area contributed by atoms with E-state index in [0.29, 0.717) is 31.0 Å². The molecule has 0 saturated carbocycles. The smallest absolute Gasteiger partial charge is 0.257 e. The molecule has 7 heteroatoms. The van der Waals surface area contributed by atoms with Crippen LogP contribution in [0.15, 0.2) is 18.6 Å². The first-order chi connectivity index (χ1) is 10.2. The van der Waals surface area contributed by atoms with Crippen LogP contribution in [0.2, 0.25) is 0 Å². The molecule has 2 atom stereocenters. The summed E-state index contributed by atoms with van der Waals surface area (Å²) < 4.78 is 12.5. The lowest BCUT2D eigenvalue weighted by atomic mass is 10.2. The van der Waals surface area contributed by atoms with Crippen LogP contribution < -0.4 is 5.32 Å². The Bertz CT molecular complexity index is 655. The van der Waals surface area contributed by atoms with Crippen molar-refractivity contribution in [1.29, 1.82) is 0 Å². The first-order valence-corrected chi connectivity index (χ1v) is 6.99. The summed E-state index contributed by atoms with van der Waals surface area (Å²) in [6.07, 6.45) is 4.98. The van der Waals surface area contributed by atoms with Crippen LogP contribution in [0.3, 0.4) is 0 Å². The van der Waals surface area contributed by atoms with Crippen molar-refractivity contribution in [2.75, 3.05) is 19.8 Å². The van der Waals surface area contributed by atoms with Crippen LogP contribution in [-0.2, 0) is 9.47 Å². The molecule has 2 aromatic heterocycles. The van der Waals surface area contributed by atoms with Crippen molar-refractivity contribution in [3.63, 3.8) is 0 Å². The maximum absolute atomic E-state index is 12.4. The quantitative estimate of drug-likeness (QED) is 0.891. The largest absolute Gasteiger partial charge is 0.376 e. The Kier molecular flexibility index (Phi) is 3.85. The van der Waals surface area contributed by atoms with Crippen LogP contribution in [0.25, 0.3) is 5.65 Å². The Morgan fingerprint density at radius 1 is 1.52 bits per heavy atom. The fourth-order valence-corrected chi connectivity index (χ4v) is 2.42. The zero-order valence-corrected chi connectivity index (χ0v) is 12.1. The van der Waals surface area contributed by atoms with E-state index in [1.165, 1.54) is 6.20 Å². The zero-order chi connectivity index (χ0) is 14.8. The van der Waals surface area contributed by atoms with Gasteiger partial charge in [-0.3, -0.25) is 4.79 Å². The molecule has 0 radical (unpaired) electrons. The van der Waals surface area contributed by atoms with Gasteiger partial charge in [0.25, 0.3) is 5.91 Å². The van der Waals surface area contributed by atoms with Crippen LogP contribution >= 0.6 is 0 Å². The van der Waals surface area contributed by atoms with Crippen molar-refractivity contribution in [2.24, 2.45) is 0 Å². The van der Waals surface area contributed by atoms with Crippen LogP contribution in [0.5, 0.6) is 0 Å². The highest BCUT2D eigenvalue weighted by Gasteiger charge is 2.31. The fraction of sp³-hybridized carbons (Fsp3) is 0.500. The Balaban J connectivity index is 1.78. The van der Waals surface area contributed by atoms with Gasteiger partial charge in [-0.25, -0.2) is 9.50 Å². The van der Waals surface area contributed by atoms with E-state index in [1.54, 1.807) is 10.7 Å². The highest BCUT2D eigenvalue weighted by atomic mass is 16.5. The van der Waals surface area contributed by atoms with Gasteiger partial charge in [-0.1, -0.05) is 0 Å². The highest BCUT2D eigenvalue weighted by Crippen LogP contribution is 2.13. The number of carbonyl (C=O) groups excluding carboxylic acids is 1. The number of nitrogens with one attached hydrogen (secondary N) is 1. The van der Waals surface area contributed by atoms with Gasteiger partial charge in [0.2, 0.25) is 0 Å². The molecular formula is C14H18N4O3. The van der Waals surface area contributed by atoms with Crippen LogP contribution in [0.1, 0.15) is 22.8 Å². The van der Waals surface area contributed by atoms with E-state index in [4.69, 9.17) is 9.47 Å². The van der Waals surface area contributed by atoms with Crippen molar-refractivity contribution in [1.82, 2.24) is 19.9 Å². The van der Waals surface area contributed by atoms with Gasteiger partial charge in [0.15, 0.2) is 5.65 Å². The van der Waals surface area contributed by atoms with Gasteiger partial charge < -0.3 is 14.8 Å². The van der Waals surface area contributed by atoms with E-state index >= 15 is 0 Å². The summed E-state index contributed by atoms with van der Waals surface area (Å²) >= 11 is 0. The van der Waals surface area contributed by atoms with Crippen molar-refractivity contribution in [3.8, 4) is 0 Å². The van der Waals surface area contributed by atoms with Crippen molar-refractivity contribution >= 4 is 11.6 Å². The predicted octanol–water partition coefficient (Wildman–Crippen LogP) is 0.571. The monoisotopic (exact) mass is 290 g/mol. The third-order valence-corrected chi connectivity index (χ3v) is 3.46. The van der Waals surface area contributed by atoms with Gasteiger partial charge >= 0.3 is 0 Å². The number of aryl methyl sites for hydroxylation is 1. The molecule has 0 aromatic carbocycles. The molecule has 1 N–H and O–H groups in total. The minimum Gasteiger partial charge on any atom is -0.376 e. The Morgan fingerprint density at radius 3 is 3.19 bits per heavy atom. The second-order valence-corrected chi connectivity index (χ2v) is 5.07. The van der Waals surface area contributed by atoms with Crippen molar-refractivity contribution in [2.45, 2.75) is 26.0 Å². The standard InChI is InChI=1S/C14H18N4O3/c1-3-21-12-8-20-7-11(12)17-14(19)10-5-16-18-6-9(2)4-15-13(10)18/h4-6,11-12H,3,7-8H2,1-2H3,(H,17,19)/t11-,12-/m1/s1. The highest BCUT2D eigenvalue weighted by molar-refractivity contribution is 5.99. The Labute approximate surface area is 122 Å². The summed E-state index contributed by atoms with van der Waals surface area (Å²) in [5.74, 6) is -0.207. The zero-order valence-electron chi connectivity index (χ0n) is 12.1. The number of aromatic nitrogens is 3. The van der Waals surface area contributed by atoms with Gasteiger partial charge in [-0.2, -0.15) is 5.10 Å². The molecule has 2 aromatic rings. The lowest BCUT2D eigenvalue weighted by Gasteiger charge is -2.18. The summed E-state index contributed by atoms with van der Waals surface area (Å²) in [6, 6.07) is -0.141. The summed E-state index contributed by atoms with van der Waals surface area (Å²) in [4.78, 5) is 16.7. The van der Waals surface area contributed by atoms with Gasteiger partial charge in [0, 0.05) is 19.0 Å². The molecule has 1 amide bonds. The van der Waals surface area contributed by atoms with E-state index in [0.717, 1.165) is 5.56 Å². The Hall–Kier alpha value is -1.99. The second-order valence-electron chi connectivity index (χ2n) is 5.07. The molecule has 0 bridgehead atoms. The van der Waals surface area contributed by atoms with Crippen LogP contribution in [0.4, 0.5) is 0 Å². The van der Waals surface area contributed by atoms with Crippen molar-refractivity contribution in [3.05, 3.63) is 29.7 Å². The molecule has 0 spiro atoms. The number of carbonyl (C=O) groups is 1. The molecule has 3 rings (SSSR count). The van der Waals surface area contributed by atoms with Crippen LogP contribution in [-0.4, -0.2) is 52.5 Å². The number of hydrogen-bond donors (Lipinski definition) is 1.